The molecular weight excluding hydrogens is 634 g/mol. The van der Waals surface area contributed by atoms with Crippen LogP contribution in [0.25, 0.3) is 0 Å². The van der Waals surface area contributed by atoms with Crippen molar-refractivity contribution in [2.75, 3.05) is 92.4 Å². The van der Waals surface area contributed by atoms with Crippen LogP contribution in [0.2, 0.25) is 0 Å². The number of amides is 3. The van der Waals surface area contributed by atoms with Crippen molar-refractivity contribution in [3.8, 4) is 0 Å². The standard InChI is InChI=1S/C28H49N3O16/c1-27(2,3)47-26(40)30-8-13-42-15-14-41-12-7-29-21(32)16-46-17-22(33)31-28(18-43-9-4-23(34)35,19-44-10-5-24(36)37)20-45-11-6-25(38)39/h4-20H2,1-3H3,(H,29,32)(H,30,40)(H,31,33)(H,34,35)(H,36,37)(H,38,39). The molecule has 47 heavy (non-hydrogen) atoms. The fourth-order valence-corrected chi connectivity index (χ4v) is 3.26. The zero-order valence-electron chi connectivity index (χ0n) is 27.2. The van der Waals surface area contributed by atoms with E-state index in [0.29, 0.717) is 0 Å². The van der Waals surface area contributed by atoms with Gasteiger partial charge >= 0.3 is 24.0 Å². The van der Waals surface area contributed by atoms with Gasteiger partial charge in [-0.2, -0.15) is 0 Å². The molecule has 0 aliphatic carbocycles. The first-order valence-electron chi connectivity index (χ1n) is 14.8. The maximum absolute atomic E-state index is 12.7. The van der Waals surface area contributed by atoms with Crippen molar-refractivity contribution in [3.63, 3.8) is 0 Å². The molecule has 0 fully saturated rings. The summed E-state index contributed by atoms with van der Waals surface area (Å²) in [5.41, 5.74) is -2.05. The number of carboxylic acid groups (broad SMARTS) is 3. The second-order valence-corrected chi connectivity index (χ2v) is 10.9. The lowest BCUT2D eigenvalue weighted by Crippen LogP contribution is -2.59. The lowest BCUT2D eigenvalue weighted by Gasteiger charge is -2.34. The highest BCUT2D eigenvalue weighted by Crippen LogP contribution is 2.11. The monoisotopic (exact) mass is 683 g/mol. The van der Waals surface area contributed by atoms with E-state index in [1.54, 1.807) is 20.8 Å². The molecule has 19 heteroatoms. The second-order valence-electron chi connectivity index (χ2n) is 10.9. The lowest BCUT2D eigenvalue weighted by atomic mass is 10.0. The molecule has 19 nitrogen and oxygen atoms in total. The Labute approximate surface area is 272 Å². The summed E-state index contributed by atoms with van der Waals surface area (Å²) in [6.45, 7) is 3.99. The third-order valence-corrected chi connectivity index (χ3v) is 5.24. The fourth-order valence-electron chi connectivity index (χ4n) is 3.26. The first kappa shape index (κ1) is 43.4. The number of ether oxygens (including phenoxy) is 7. The number of alkyl carbamates (subject to hydrolysis) is 1. The van der Waals surface area contributed by atoms with Crippen molar-refractivity contribution >= 4 is 35.8 Å². The lowest BCUT2D eigenvalue weighted by molar-refractivity contribution is -0.142. The Morgan fingerprint density at radius 2 is 0.957 bits per heavy atom. The predicted molar refractivity (Wildman–Crippen MR) is 160 cm³/mol. The minimum atomic E-state index is -1.46. The van der Waals surface area contributed by atoms with E-state index < -0.39 is 60.2 Å². The summed E-state index contributed by atoms with van der Waals surface area (Å²) in [5, 5.41) is 34.3. The van der Waals surface area contributed by atoms with Crippen molar-refractivity contribution in [2.45, 2.75) is 51.2 Å². The minimum Gasteiger partial charge on any atom is -0.481 e. The largest absolute Gasteiger partial charge is 0.481 e. The molecule has 0 aliphatic rings. The first-order valence-corrected chi connectivity index (χ1v) is 14.8. The molecule has 0 heterocycles. The van der Waals surface area contributed by atoms with Gasteiger partial charge in [0.25, 0.3) is 0 Å². The molecule has 6 N–H and O–H groups in total. The van der Waals surface area contributed by atoms with Crippen molar-refractivity contribution in [1.29, 1.82) is 0 Å². The highest BCUT2D eigenvalue weighted by atomic mass is 16.6. The van der Waals surface area contributed by atoms with Gasteiger partial charge in [-0.15, -0.1) is 0 Å². The van der Waals surface area contributed by atoms with Crippen LogP contribution in [0.4, 0.5) is 4.79 Å². The summed E-state index contributed by atoms with van der Waals surface area (Å²) in [6, 6.07) is 0. The van der Waals surface area contributed by atoms with Gasteiger partial charge in [0, 0.05) is 13.1 Å². The smallest absolute Gasteiger partial charge is 0.407 e. The molecule has 0 radical (unpaired) electrons. The van der Waals surface area contributed by atoms with Gasteiger partial charge in [-0.25, -0.2) is 4.79 Å². The van der Waals surface area contributed by atoms with Crippen LogP contribution in [0.1, 0.15) is 40.0 Å². The number of hydrogen-bond donors (Lipinski definition) is 6. The Balaban J connectivity index is 4.56. The Hall–Kier alpha value is -3.62. The van der Waals surface area contributed by atoms with Gasteiger partial charge in [0.15, 0.2) is 0 Å². The highest BCUT2D eigenvalue weighted by molar-refractivity contribution is 5.80. The van der Waals surface area contributed by atoms with E-state index in [1.165, 1.54) is 0 Å². The van der Waals surface area contributed by atoms with Crippen molar-refractivity contribution in [2.24, 2.45) is 0 Å². The molecule has 0 aromatic heterocycles. The van der Waals surface area contributed by atoms with Crippen LogP contribution in [0, 0.1) is 0 Å². The van der Waals surface area contributed by atoms with E-state index in [0.717, 1.165) is 0 Å². The summed E-state index contributed by atoms with van der Waals surface area (Å²) in [6.07, 6.45) is -1.55. The zero-order chi connectivity index (χ0) is 35.6. The number of rotatable bonds is 29. The average Bonchev–Trinajstić information content (AvgIpc) is 2.95. The topological polar surface area (TPSA) is 264 Å². The molecule has 0 saturated carbocycles. The molecule has 0 aromatic carbocycles. The van der Waals surface area contributed by atoms with E-state index >= 15 is 0 Å². The Kier molecular flexibility index (Phi) is 23.5. The summed E-state index contributed by atoms with van der Waals surface area (Å²) >= 11 is 0. The average molecular weight is 684 g/mol. The molecule has 0 rings (SSSR count). The van der Waals surface area contributed by atoms with Crippen molar-refractivity contribution in [1.82, 2.24) is 16.0 Å². The van der Waals surface area contributed by atoms with Crippen LogP contribution in [-0.4, -0.2) is 155 Å². The Morgan fingerprint density at radius 3 is 1.38 bits per heavy atom. The van der Waals surface area contributed by atoms with Crippen LogP contribution in [-0.2, 0) is 57.1 Å². The van der Waals surface area contributed by atoms with Gasteiger partial charge in [-0.05, 0) is 20.8 Å². The minimum absolute atomic E-state index is 0.159. The fraction of sp³-hybridized carbons (Fsp3) is 0.786. The summed E-state index contributed by atoms with van der Waals surface area (Å²) < 4.78 is 37.1. The van der Waals surface area contributed by atoms with Crippen LogP contribution < -0.4 is 16.0 Å². The van der Waals surface area contributed by atoms with Gasteiger partial charge in [-0.1, -0.05) is 0 Å². The van der Waals surface area contributed by atoms with Crippen molar-refractivity contribution in [3.05, 3.63) is 0 Å². The summed E-state index contributed by atoms with van der Waals surface area (Å²) in [4.78, 5) is 68.8. The maximum atomic E-state index is 12.7. The van der Waals surface area contributed by atoms with Gasteiger partial charge in [0.05, 0.1) is 85.3 Å². The SMILES string of the molecule is CC(C)(C)OC(=O)NCCOCCOCCNC(=O)COCC(=O)NC(COCCC(=O)O)(COCCC(=O)O)COCCC(=O)O. The van der Waals surface area contributed by atoms with Crippen LogP contribution in [0.15, 0.2) is 0 Å². The third-order valence-electron chi connectivity index (χ3n) is 5.24. The van der Waals surface area contributed by atoms with Crippen LogP contribution in [0.3, 0.4) is 0 Å². The maximum Gasteiger partial charge on any atom is 0.407 e. The van der Waals surface area contributed by atoms with Gasteiger partial charge in [0.2, 0.25) is 11.8 Å². The number of nitrogens with one attached hydrogen (secondary N) is 3. The summed E-state index contributed by atoms with van der Waals surface area (Å²) in [7, 11) is 0. The first-order chi connectivity index (χ1) is 22.1. The predicted octanol–water partition coefficient (Wildman–Crippen LogP) is -0.994. The molecule has 0 aromatic rings. The quantitative estimate of drug-likeness (QED) is 0.0517. The van der Waals surface area contributed by atoms with E-state index in [4.69, 9.17) is 48.5 Å². The van der Waals surface area contributed by atoms with Gasteiger partial charge in [0.1, 0.15) is 24.4 Å². The molecule has 0 aliphatic heterocycles. The summed E-state index contributed by atoms with van der Waals surface area (Å²) in [5.74, 6) is -4.62. The Bertz CT molecular complexity index is 901. The van der Waals surface area contributed by atoms with E-state index in [1.807, 2.05) is 0 Å². The van der Waals surface area contributed by atoms with E-state index in [2.05, 4.69) is 16.0 Å². The normalized spacial score (nSPS) is 11.5. The number of aliphatic carboxylic acids is 3. The third kappa shape index (κ3) is 28.3. The molecule has 0 atom stereocenters. The number of carbonyl (C=O) groups excluding carboxylic acids is 3. The second kappa shape index (κ2) is 25.5. The van der Waals surface area contributed by atoms with Gasteiger partial charge < -0.3 is 64.4 Å². The molecule has 0 saturated heterocycles. The van der Waals surface area contributed by atoms with E-state index in [-0.39, 0.29) is 98.4 Å². The van der Waals surface area contributed by atoms with E-state index in [9.17, 15) is 28.8 Å². The van der Waals surface area contributed by atoms with Crippen LogP contribution >= 0.6 is 0 Å². The van der Waals surface area contributed by atoms with Gasteiger partial charge in [-0.3, -0.25) is 24.0 Å². The molecule has 0 bridgehead atoms. The molecule has 3 amide bonds. The zero-order valence-corrected chi connectivity index (χ0v) is 27.2. The molecule has 0 spiro atoms. The number of carboxylic acids is 3. The number of hydrogen-bond acceptors (Lipinski definition) is 13. The van der Waals surface area contributed by atoms with Crippen molar-refractivity contribution < 1.29 is 77.2 Å². The molecule has 272 valence electrons. The molecule has 0 unspecified atom stereocenters. The Morgan fingerprint density at radius 1 is 0.532 bits per heavy atom. The van der Waals surface area contributed by atoms with Crippen LogP contribution in [0.5, 0.6) is 0 Å². The molecular formula is C28H49N3O16. The highest BCUT2D eigenvalue weighted by Gasteiger charge is 2.34. The number of carbonyl (C=O) groups is 6.